The third kappa shape index (κ3) is 6.26. The first-order valence-electron chi connectivity index (χ1n) is 8.86. The monoisotopic (exact) mass is 368 g/mol. The average molecular weight is 369 g/mol. The minimum absolute atomic E-state index is 0.0546. The maximum Gasteiger partial charge on any atom is 0.315 e. The molecule has 140 valence electrons. The molecule has 25 heavy (non-hydrogen) atoms. The van der Waals surface area contributed by atoms with Crippen LogP contribution in [0.1, 0.15) is 39.0 Å². The Morgan fingerprint density at radius 1 is 1.20 bits per heavy atom. The summed E-state index contributed by atoms with van der Waals surface area (Å²) in [4.78, 5) is 34.4. The van der Waals surface area contributed by atoms with E-state index >= 15 is 0 Å². The van der Waals surface area contributed by atoms with E-state index < -0.39 is 0 Å². The van der Waals surface area contributed by atoms with E-state index in [9.17, 15) is 14.4 Å². The Hall–Kier alpha value is -1.70. The van der Waals surface area contributed by atoms with E-state index in [0.717, 1.165) is 25.0 Å². The molecule has 4 amide bonds. The number of hydrogen-bond acceptors (Lipinski definition) is 4. The lowest BCUT2D eigenvalue weighted by molar-refractivity contribution is -0.121. The van der Waals surface area contributed by atoms with Gasteiger partial charge in [0.05, 0.1) is 12.1 Å². The van der Waals surface area contributed by atoms with Gasteiger partial charge in [-0.15, -0.1) is 0 Å². The third-order valence-corrected chi connectivity index (χ3v) is 5.94. The fourth-order valence-electron chi connectivity index (χ4n) is 3.03. The Balaban J connectivity index is 1.47. The van der Waals surface area contributed by atoms with Crippen LogP contribution in [-0.4, -0.2) is 54.0 Å². The highest BCUT2D eigenvalue weighted by Gasteiger charge is 2.42. The predicted molar refractivity (Wildman–Crippen MR) is 99.4 cm³/mol. The van der Waals surface area contributed by atoms with E-state index in [2.05, 4.69) is 27.8 Å². The lowest BCUT2D eigenvalue weighted by Gasteiger charge is -2.16. The Bertz CT molecular complexity index is 526. The predicted octanol–water partition coefficient (Wildman–Crippen LogP) is 0.911. The molecule has 2 aliphatic rings. The summed E-state index contributed by atoms with van der Waals surface area (Å²) < 4.78 is 0. The van der Waals surface area contributed by atoms with Crippen molar-refractivity contribution in [3.8, 4) is 0 Å². The number of thioether (sulfide) groups is 1. The van der Waals surface area contributed by atoms with E-state index in [0.29, 0.717) is 36.8 Å². The van der Waals surface area contributed by atoms with E-state index in [1.807, 2.05) is 11.8 Å². The molecule has 3 atom stereocenters. The fourth-order valence-corrected chi connectivity index (χ4v) is 4.58. The summed E-state index contributed by atoms with van der Waals surface area (Å²) in [5.74, 6) is 0.877. The van der Waals surface area contributed by atoms with Gasteiger partial charge < -0.3 is 21.3 Å². The van der Waals surface area contributed by atoms with E-state index in [1.54, 1.807) is 6.92 Å². The third-order valence-electron chi connectivity index (χ3n) is 4.43. The van der Waals surface area contributed by atoms with E-state index in [1.165, 1.54) is 0 Å². The van der Waals surface area contributed by atoms with Gasteiger partial charge in [-0.05, 0) is 26.2 Å². The Labute approximate surface area is 153 Å². The Morgan fingerprint density at radius 2 is 1.96 bits per heavy atom. The number of carbonyl (C=O) groups excluding carboxylic acids is 3. The summed E-state index contributed by atoms with van der Waals surface area (Å²) in [5, 5.41) is 12.0. The lowest BCUT2D eigenvalue weighted by atomic mass is 10.0. The van der Waals surface area contributed by atoms with Crippen LogP contribution in [0.15, 0.2) is 12.2 Å². The second-order valence-corrected chi connectivity index (χ2v) is 7.88. The van der Waals surface area contributed by atoms with Crippen LogP contribution < -0.4 is 21.3 Å². The molecule has 8 heteroatoms. The molecule has 7 nitrogen and oxygen atoms in total. The number of carbonyl (C=O) groups is 3. The maximum absolute atomic E-state index is 11.8. The van der Waals surface area contributed by atoms with Gasteiger partial charge in [0, 0.05) is 36.1 Å². The molecule has 2 rings (SSSR count). The van der Waals surface area contributed by atoms with Gasteiger partial charge >= 0.3 is 6.03 Å². The minimum atomic E-state index is -0.146. The second-order valence-electron chi connectivity index (χ2n) is 6.61. The highest BCUT2D eigenvalue weighted by Crippen LogP contribution is 2.33. The summed E-state index contributed by atoms with van der Waals surface area (Å²) in [7, 11) is 0. The van der Waals surface area contributed by atoms with Crippen molar-refractivity contribution in [1.82, 2.24) is 21.3 Å². The highest BCUT2D eigenvalue weighted by atomic mass is 32.2. The van der Waals surface area contributed by atoms with Crippen LogP contribution in [0.4, 0.5) is 4.79 Å². The van der Waals surface area contributed by atoms with Crippen molar-refractivity contribution in [2.24, 2.45) is 0 Å². The maximum atomic E-state index is 11.8. The summed E-state index contributed by atoms with van der Waals surface area (Å²) in [6, 6.07) is 0.441. The van der Waals surface area contributed by atoms with Crippen molar-refractivity contribution in [3.05, 3.63) is 12.2 Å². The molecule has 0 aromatic carbocycles. The first-order chi connectivity index (χ1) is 12.0. The molecular weight excluding hydrogens is 340 g/mol. The van der Waals surface area contributed by atoms with Crippen molar-refractivity contribution in [3.63, 3.8) is 0 Å². The molecule has 2 saturated heterocycles. The van der Waals surface area contributed by atoms with Gasteiger partial charge in [-0.25, -0.2) is 4.79 Å². The average Bonchev–Trinajstić information content (AvgIpc) is 3.10. The topological polar surface area (TPSA) is 99.3 Å². The van der Waals surface area contributed by atoms with Gasteiger partial charge in [-0.3, -0.25) is 9.59 Å². The van der Waals surface area contributed by atoms with Gasteiger partial charge in [-0.2, -0.15) is 11.8 Å². The first kappa shape index (κ1) is 19.6. The molecule has 0 bridgehead atoms. The van der Waals surface area contributed by atoms with Crippen LogP contribution in [0.3, 0.4) is 0 Å². The smallest absolute Gasteiger partial charge is 0.315 e. The number of nitrogens with one attached hydrogen (secondary N) is 4. The van der Waals surface area contributed by atoms with Crippen LogP contribution in [0.25, 0.3) is 0 Å². The van der Waals surface area contributed by atoms with Gasteiger partial charge in [-0.1, -0.05) is 13.0 Å². The molecule has 0 saturated carbocycles. The van der Waals surface area contributed by atoms with Gasteiger partial charge in [0.2, 0.25) is 11.8 Å². The number of hydrogen-bond donors (Lipinski definition) is 4. The summed E-state index contributed by atoms with van der Waals surface area (Å²) in [6.07, 6.45) is 4.09. The number of urea groups is 1. The molecule has 0 aliphatic carbocycles. The van der Waals surface area contributed by atoms with Crippen LogP contribution in [0.2, 0.25) is 0 Å². The quantitative estimate of drug-likeness (QED) is 0.262. The molecule has 4 N–H and O–H groups in total. The minimum Gasteiger partial charge on any atom is -0.356 e. The summed E-state index contributed by atoms with van der Waals surface area (Å²) in [5.41, 5.74) is 0.490. The van der Waals surface area contributed by atoms with E-state index in [-0.39, 0.29) is 29.9 Å². The van der Waals surface area contributed by atoms with Gasteiger partial charge in [0.1, 0.15) is 0 Å². The molecule has 2 aliphatic heterocycles. The zero-order chi connectivity index (χ0) is 18.2. The summed E-state index contributed by atoms with van der Waals surface area (Å²) in [6.45, 7) is 6.33. The number of amides is 4. The number of rotatable bonds is 10. The van der Waals surface area contributed by atoms with Crippen molar-refractivity contribution >= 4 is 29.6 Å². The largest absolute Gasteiger partial charge is 0.356 e. The molecular formula is C17H28N4O3S. The standard InChI is InChI=1S/C17H28N4O3S/c1-11(2)16(23)19-9-5-8-18-14(22)7-4-3-6-13-15-12(10-25-13)20-17(24)21-15/h12-13,15H,1,3-10H2,2H3,(H,18,22)(H,19,23)(H2,20,21,24). The highest BCUT2D eigenvalue weighted by molar-refractivity contribution is 8.00. The van der Waals surface area contributed by atoms with Crippen LogP contribution in [0, 0.1) is 0 Å². The Kier molecular flexibility index (Phi) is 7.61. The molecule has 2 fully saturated rings. The Morgan fingerprint density at radius 3 is 2.72 bits per heavy atom. The van der Waals surface area contributed by atoms with E-state index in [4.69, 9.17) is 0 Å². The molecule has 3 unspecified atom stereocenters. The molecule has 2 heterocycles. The number of fused-ring (bicyclic) bond motifs is 1. The summed E-state index contributed by atoms with van der Waals surface area (Å²) >= 11 is 1.90. The zero-order valence-corrected chi connectivity index (χ0v) is 15.5. The van der Waals surface area contributed by atoms with Crippen molar-refractivity contribution in [2.75, 3.05) is 18.8 Å². The SMILES string of the molecule is C=C(C)C(=O)NCCCNC(=O)CCCCC1SCC2NC(=O)NC21. The molecule has 0 radical (unpaired) electrons. The zero-order valence-electron chi connectivity index (χ0n) is 14.7. The second kappa shape index (κ2) is 9.70. The van der Waals surface area contributed by atoms with Crippen molar-refractivity contribution in [2.45, 2.75) is 56.4 Å². The van der Waals surface area contributed by atoms with Crippen LogP contribution in [-0.2, 0) is 9.59 Å². The fraction of sp³-hybridized carbons (Fsp3) is 0.706. The van der Waals surface area contributed by atoms with Crippen molar-refractivity contribution < 1.29 is 14.4 Å². The van der Waals surface area contributed by atoms with Crippen LogP contribution >= 0.6 is 11.8 Å². The number of unbranched alkanes of at least 4 members (excludes halogenated alkanes) is 1. The lowest BCUT2D eigenvalue weighted by Crippen LogP contribution is -2.36. The normalized spacial score (nSPS) is 24.2. The van der Waals surface area contributed by atoms with Gasteiger partial charge in [0.25, 0.3) is 0 Å². The van der Waals surface area contributed by atoms with Crippen LogP contribution in [0.5, 0.6) is 0 Å². The molecule has 0 aromatic heterocycles. The molecule has 0 spiro atoms. The first-order valence-corrected chi connectivity index (χ1v) is 9.91. The van der Waals surface area contributed by atoms with Gasteiger partial charge in [0.15, 0.2) is 0 Å². The van der Waals surface area contributed by atoms with Crippen molar-refractivity contribution in [1.29, 1.82) is 0 Å². The molecule has 0 aromatic rings.